The predicted octanol–water partition coefficient (Wildman–Crippen LogP) is 4.09. The monoisotopic (exact) mass is 397 g/mol. The number of imide groups is 1. The van der Waals surface area contributed by atoms with E-state index in [-0.39, 0.29) is 17.9 Å². The Hall–Kier alpha value is -2.31. The predicted molar refractivity (Wildman–Crippen MR) is 109 cm³/mol. The van der Waals surface area contributed by atoms with Crippen molar-refractivity contribution in [3.05, 3.63) is 64.0 Å². The summed E-state index contributed by atoms with van der Waals surface area (Å²) < 4.78 is 11.0. The van der Waals surface area contributed by atoms with Gasteiger partial charge >= 0.3 is 0 Å². The number of amides is 2. The highest BCUT2D eigenvalue weighted by Crippen LogP contribution is 2.38. The zero-order chi connectivity index (χ0) is 19.7. The van der Waals surface area contributed by atoms with Gasteiger partial charge in [-0.15, -0.1) is 11.8 Å². The molecule has 0 spiro atoms. The number of hydrogen-bond acceptors (Lipinski definition) is 5. The molecule has 0 saturated carbocycles. The van der Waals surface area contributed by atoms with Crippen molar-refractivity contribution in [3.8, 4) is 0 Å². The minimum absolute atomic E-state index is 0.0664. The van der Waals surface area contributed by atoms with Crippen LogP contribution in [-0.2, 0) is 20.1 Å². The second-order valence-corrected chi connectivity index (χ2v) is 8.21. The van der Waals surface area contributed by atoms with E-state index >= 15 is 0 Å². The van der Waals surface area contributed by atoms with Crippen LogP contribution in [0.5, 0.6) is 0 Å². The molecule has 5 nitrogen and oxygen atoms in total. The van der Waals surface area contributed by atoms with Gasteiger partial charge in [-0.1, -0.05) is 18.2 Å². The summed E-state index contributed by atoms with van der Waals surface area (Å²) >= 11 is 1.36. The third-order valence-corrected chi connectivity index (χ3v) is 6.37. The molecule has 2 amide bonds. The number of thioether (sulfide) groups is 1. The van der Waals surface area contributed by atoms with Crippen molar-refractivity contribution in [2.75, 3.05) is 13.2 Å². The molecule has 1 unspecified atom stereocenters. The number of benzene rings is 1. The Bertz CT molecular complexity index is 926. The maximum atomic E-state index is 13.2. The van der Waals surface area contributed by atoms with E-state index in [2.05, 4.69) is 0 Å². The Morgan fingerprint density at radius 3 is 2.68 bits per heavy atom. The van der Waals surface area contributed by atoms with Crippen LogP contribution in [0.25, 0.3) is 5.57 Å². The highest BCUT2D eigenvalue weighted by molar-refractivity contribution is 8.03. The van der Waals surface area contributed by atoms with Crippen LogP contribution in [0.2, 0.25) is 0 Å². The van der Waals surface area contributed by atoms with Crippen molar-refractivity contribution in [2.24, 2.45) is 0 Å². The lowest BCUT2D eigenvalue weighted by Crippen LogP contribution is -2.37. The summed E-state index contributed by atoms with van der Waals surface area (Å²) in [4.78, 5) is 28.2. The number of carbonyl (C=O) groups is 2. The molecule has 1 aromatic heterocycles. The highest BCUT2D eigenvalue weighted by Gasteiger charge is 2.40. The maximum absolute atomic E-state index is 13.2. The maximum Gasteiger partial charge on any atom is 0.268 e. The van der Waals surface area contributed by atoms with E-state index in [1.54, 1.807) is 6.26 Å². The minimum Gasteiger partial charge on any atom is -0.468 e. The molecule has 1 atom stereocenters. The number of ether oxygens (including phenoxy) is 1. The summed E-state index contributed by atoms with van der Waals surface area (Å²) in [5, 5.41) is 0. The van der Waals surface area contributed by atoms with Crippen molar-refractivity contribution >= 4 is 29.1 Å². The minimum atomic E-state index is -0.231. The van der Waals surface area contributed by atoms with Crippen LogP contribution in [0.15, 0.2) is 45.9 Å². The molecular weight excluding hydrogens is 374 g/mol. The number of hydrogen-bond donors (Lipinski definition) is 0. The van der Waals surface area contributed by atoms with Crippen molar-refractivity contribution in [3.63, 3.8) is 0 Å². The highest BCUT2D eigenvalue weighted by atomic mass is 32.2. The van der Waals surface area contributed by atoms with Gasteiger partial charge in [0, 0.05) is 6.61 Å². The summed E-state index contributed by atoms with van der Waals surface area (Å²) in [6.07, 6.45) is 3.40. The summed E-state index contributed by atoms with van der Waals surface area (Å²) in [6, 6.07) is 9.59. The van der Waals surface area contributed by atoms with Crippen LogP contribution in [0, 0.1) is 13.8 Å². The molecule has 6 heteroatoms. The van der Waals surface area contributed by atoms with Crippen LogP contribution in [-0.4, -0.2) is 36.0 Å². The van der Waals surface area contributed by atoms with Crippen LogP contribution in [0.1, 0.15) is 35.3 Å². The van der Waals surface area contributed by atoms with Gasteiger partial charge in [0.15, 0.2) is 0 Å². The number of nitrogens with zero attached hydrogens (tertiary/aromatic N) is 1. The smallest absolute Gasteiger partial charge is 0.268 e. The van der Waals surface area contributed by atoms with E-state index < -0.39 is 0 Å². The molecule has 2 aromatic rings. The normalized spacial score (nSPS) is 19.9. The summed E-state index contributed by atoms with van der Waals surface area (Å²) in [6.45, 7) is 5.06. The van der Waals surface area contributed by atoms with Crippen molar-refractivity contribution in [2.45, 2.75) is 38.5 Å². The van der Waals surface area contributed by atoms with Gasteiger partial charge in [0.25, 0.3) is 11.8 Å². The van der Waals surface area contributed by atoms with Gasteiger partial charge in [0.1, 0.15) is 5.76 Å². The number of aryl methyl sites for hydroxylation is 2. The van der Waals surface area contributed by atoms with E-state index in [0.29, 0.717) is 29.4 Å². The first-order valence-electron chi connectivity index (χ1n) is 9.49. The molecule has 4 rings (SSSR count). The molecule has 1 fully saturated rings. The van der Waals surface area contributed by atoms with Gasteiger partial charge in [0.05, 0.1) is 35.1 Å². The number of rotatable bonds is 6. The molecule has 2 aliphatic heterocycles. The SMILES string of the molecule is Cc1ccc(C2=C(SCc3ccco3)C(=O)N(CC3CCCO3)C2=O)cc1C. The summed E-state index contributed by atoms with van der Waals surface area (Å²) in [5.41, 5.74) is 3.53. The van der Waals surface area contributed by atoms with E-state index in [1.807, 2.05) is 44.2 Å². The first kappa shape index (κ1) is 19.0. The zero-order valence-corrected chi connectivity index (χ0v) is 16.9. The van der Waals surface area contributed by atoms with Gasteiger partial charge in [-0.25, -0.2) is 0 Å². The first-order chi connectivity index (χ1) is 13.5. The average Bonchev–Trinajstić information content (AvgIpc) is 3.41. The third-order valence-electron chi connectivity index (χ3n) is 5.27. The van der Waals surface area contributed by atoms with Crippen LogP contribution in [0.4, 0.5) is 0 Å². The van der Waals surface area contributed by atoms with Crippen LogP contribution < -0.4 is 0 Å². The molecule has 1 saturated heterocycles. The zero-order valence-electron chi connectivity index (χ0n) is 16.1. The Morgan fingerprint density at radius 2 is 2.00 bits per heavy atom. The summed E-state index contributed by atoms with van der Waals surface area (Å²) in [7, 11) is 0. The van der Waals surface area contributed by atoms with Gasteiger partial charge < -0.3 is 9.15 Å². The molecular formula is C22H23NO4S. The molecule has 3 heterocycles. The fourth-order valence-electron chi connectivity index (χ4n) is 3.54. The van der Waals surface area contributed by atoms with Gasteiger partial charge in [-0.2, -0.15) is 0 Å². The second-order valence-electron chi connectivity index (χ2n) is 7.23. The molecule has 0 aliphatic carbocycles. The van der Waals surface area contributed by atoms with E-state index in [1.165, 1.54) is 16.7 Å². The molecule has 0 N–H and O–H groups in total. The standard InChI is InChI=1S/C22H23NO4S/c1-14-7-8-16(11-15(14)2)19-20(28-13-18-6-4-10-27-18)22(25)23(21(19)24)12-17-5-3-9-26-17/h4,6-8,10-11,17H,3,5,9,12-13H2,1-2H3. The topological polar surface area (TPSA) is 59.8 Å². The van der Waals surface area contributed by atoms with E-state index in [4.69, 9.17) is 9.15 Å². The molecule has 28 heavy (non-hydrogen) atoms. The number of furan rings is 1. The third kappa shape index (κ3) is 3.66. The van der Waals surface area contributed by atoms with E-state index in [0.717, 1.165) is 35.3 Å². The Morgan fingerprint density at radius 1 is 1.14 bits per heavy atom. The van der Waals surface area contributed by atoms with Gasteiger partial charge in [-0.05, 0) is 55.5 Å². The van der Waals surface area contributed by atoms with Crippen LogP contribution in [0.3, 0.4) is 0 Å². The molecule has 0 radical (unpaired) electrons. The lowest BCUT2D eigenvalue weighted by atomic mass is 10.0. The molecule has 0 bridgehead atoms. The molecule has 146 valence electrons. The van der Waals surface area contributed by atoms with Crippen molar-refractivity contribution in [1.82, 2.24) is 4.90 Å². The van der Waals surface area contributed by atoms with E-state index in [9.17, 15) is 9.59 Å². The van der Waals surface area contributed by atoms with Crippen LogP contribution >= 0.6 is 11.8 Å². The van der Waals surface area contributed by atoms with Crippen molar-refractivity contribution in [1.29, 1.82) is 0 Å². The average molecular weight is 397 g/mol. The lowest BCUT2D eigenvalue weighted by Gasteiger charge is -2.19. The first-order valence-corrected chi connectivity index (χ1v) is 10.5. The fourth-order valence-corrected chi connectivity index (χ4v) is 4.57. The Labute approximate surface area is 168 Å². The van der Waals surface area contributed by atoms with Gasteiger partial charge in [0.2, 0.25) is 0 Å². The fraction of sp³-hybridized carbons (Fsp3) is 0.364. The second kappa shape index (κ2) is 7.97. The summed E-state index contributed by atoms with van der Waals surface area (Å²) in [5.74, 6) is 0.814. The Kier molecular flexibility index (Phi) is 5.42. The molecule has 2 aliphatic rings. The molecule has 1 aromatic carbocycles. The lowest BCUT2D eigenvalue weighted by molar-refractivity contribution is -0.138. The van der Waals surface area contributed by atoms with Gasteiger partial charge in [-0.3, -0.25) is 14.5 Å². The van der Waals surface area contributed by atoms with Crippen molar-refractivity contribution < 1.29 is 18.7 Å². The largest absolute Gasteiger partial charge is 0.468 e. The quantitative estimate of drug-likeness (QED) is 0.687. The number of carbonyl (C=O) groups excluding carboxylic acids is 2. The Balaban J connectivity index is 1.66.